The van der Waals surface area contributed by atoms with Gasteiger partial charge in [0.05, 0.1) is 11.3 Å². The van der Waals surface area contributed by atoms with E-state index in [1.165, 1.54) is 29.0 Å². The van der Waals surface area contributed by atoms with E-state index in [2.05, 4.69) is 52.9 Å². The molecule has 1 fully saturated rings. The maximum atomic E-state index is 14.3. The Bertz CT molecular complexity index is 1120. The SMILES string of the molecule is C=CCn1c(SCC(=O)N2CCN(Cc3ccccc3C)CC2)nnc1-c1ccccc1F. The summed E-state index contributed by atoms with van der Waals surface area (Å²) < 4.78 is 16.1. The zero-order valence-electron chi connectivity index (χ0n) is 18.8. The van der Waals surface area contributed by atoms with E-state index >= 15 is 0 Å². The Balaban J connectivity index is 1.34. The largest absolute Gasteiger partial charge is 0.339 e. The third kappa shape index (κ3) is 5.51. The Morgan fingerprint density at radius 1 is 1.09 bits per heavy atom. The topological polar surface area (TPSA) is 54.3 Å². The number of aryl methyl sites for hydroxylation is 1. The van der Waals surface area contributed by atoms with E-state index in [0.717, 1.165) is 19.6 Å². The van der Waals surface area contributed by atoms with Gasteiger partial charge in [-0.05, 0) is 30.2 Å². The molecule has 0 spiro atoms. The summed E-state index contributed by atoms with van der Waals surface area (Å²) in [6, 6.07) is 14.9. The molecule has 172 valence electrons. The van der Waals surface area contributed by atoms with E-state index in [4.69, 9.17) is 0 Å². The van der Waals surface area contributed by atoms with Crippen molar-refractivity contribution in [2.45, 2.75) is 25.2 Å². The number of piperazine rings is 1. The lowest BCUT2D eigenvalue weighted by Crippen LogP contribution is -2.48. The second kappa shape index (κ2) is 10.8. The molecule has 0 radical (unpaired) electrons. The molecule has 1 saturated heterocycles. The van der Waals surface area contributed by atoms with Crippen LogP contribution < -0.4 is 0 Å². The highest BCUT2D eigenvalue weighted by molar-refractivity contribution is 7.99. The number of carbonyl (C=O) groups is 1. The van der Waals surface area contributed by atoms with Crippen LogP contribution in [0.25, 0.3) is 11.4 Å². The lowest BCUT2D eigenvalue weighted by atomic mass is 10.1. The van der Waals surface area contributed by atoms with Crippen LogP contribution in [-0.4, -0.2) is 62.4 Å². The van der Waals surface area contributed by atoms with Gasteiger partial charge in [-0.25, -0.2) is 4.39 Å². The number of hydrogen-bond donors (Lipinski definition) is 0. The standard InChI is InChI=1S/C25H28FN5OS/c1-3-12-31-24(21-10-6-7-11-22(21)26)27-28-25(31)33-18-23(32)30-15-13-29(14-16-30)17-20-9-5-4-8-19(20)2/h3-11H,1,12-18H2,2H3. The minimum atomic E-state index is -0.355. The van der Waals surface area contributed by atoms with Crippen LogP contribution in [0.5, 0.6) is 0 Å². The van der Waals surface area contributed by atoms with E-state index < -0.39 is 0 Å². The normalized spacial score (nSPS) is 14.4. The fourth-order valence-corrected chi connectivity index (χ4v) is 4.78. The summed E-state index contributed by atoms with van der Waals surface area (Å²) in [5, 5.41) is 8.99. The first-order chi connectivity index (χ1) is 16.1. The van der Waals surface area contributed by atoms with Crippen LogP contribution in [0.2, 0.25) is 0 Å². The number of thioether (sulfide) groups is 1. The lowest BCUT2D eigenvalue weighted by Gasteiger charge is -2.35. The first-order valence-corrected chi connectivity index (χ1v) is 12.0. The maximum absolute atomic E-state index is 14.3. The van der Waals surface area contributed by atoms with Crippen molar-refractivity contribution < 1.29 is 9.18 Å². The fourth-order valence-electron chi connectivity index (χ4n) is 3.93. The van der Waals surface area contributed by atoms with Crippen LogP contribution in [0.4, 0.5) is 4.39 Å². The molecule has 8 heteroatoms. The number of rotatable bonds is 8. The number of aromatic nitrogens is 3. The Hall–Kier alpha value is -2.97. The Morgan fingerprint density at radius 3 is 2.55 bits per heavy atom. The molecule has 6 nitrogen and oxygen atoms in total. The monoisotopic (exact) mass is 465 g/mol. The Kier molecular flexibility index (Phi) is 7.57. The molecule has 0 saturated carbocycles. The molecule has 0 bridgehead atoms. The summed E-state index contributed by atoms with van der Waals surface area (Å²) >= 11 is 1.33. The van der Waals surface area contributed by atoms with Gasteiger partial charge in [0.15, 0.2) is 11.0 Å². The van der Waals surface area contributed by atoms with E-state index in [1.54, 1.807) is 28.8 Å². The van der Waals surface area contributed by atoms with Crippen molar-refractivity contribution in [3.63, 3.8) is 0 Å². The van der Waals surface area contributed by atoms with Gasteiger partial charge in [-0.2, -0.15) is 0 Å². The van der Waals surface area contributed by atoms with E-state index in [-0.39, 0.29) is 17.5 Å². The minimum Gasteiger partial charge on any atom is -0.339 e. The summed E-state index contributed by atoms with van der Waals surface area (Å²) in [7, 11) is 0. The molecule has 0 N–H and O–H groups in total. The van der Waals surface area contributed by atoms with Gasteiger partial charge in [-0.15, -0.1) is 16.8 Å². The van der Waals surface area contributed by atoms with Crippen LogP contribution in [0.3, 0.4) is 0 Å². The molecule has 1 amide bonds. The highest BCUT2D eigenvalue weighted by Crippen LogP contribution is 2.26. The Morgan fingerprint density at radius 2 is 1.82 bits per heavy atom. The molecule has 1 aliphatic heterocycles. The molecule has 33 heavy (non-hydrogen) atoms. The van der Waals surface area contributed by atoms with E-state index in [0.29, 0.717) is 36.2 Å². The summed E-state index contributed by atoms with van der Waals surface area (Å²) in [6.45, 7) is 10.4. The highest BCUT2D eigenvalue weighted by atomic mass is 32.2. The average Bonchev–Trinajstić information content (AvgIpc) is 3.22. The van der Waals surface area contributed by atoms with Gasteiger partial charge in [-0.1, -0.05) is 54.2 Å². The van der Waals surface area contributed by atoms with Crippen LogP contribution in [-0.2, 0) is 17.9 Å². The number of hydrogen-bond acceptors (Lipinski definition) is 5. The van der Waals surface area contributed by atoms with Crippen LogP contribution in [0.15, 0.2) is 66.3 Å². The molecular weight excluding hydrogens is 437 g/mol. The molecule has 0 aliphatic carbocycles. The summed E-state index contributed by atoms with van der Waals surface area (Å²) in [4.78, 5) is 17.1. The first kappa shape index (κ1) is 23.2. The minimum absolute atomic E-state index is 0.0798. The molecule has 0 unspecified atom stereocenters. The van der Waals surface area contributed by atoms with E-state index in [9.17, 15) is 9.18 Å². The molecule has 3 aromatic rings. The first-order valence-electron chi connectivity index (χ1n) is 11.0. The maximum Gasteiger partial charge on any atom is 0.233 e. The van der Waals surface area contributed by atoms with Crippen molar-refractivity contribution in [2.75, 3.05) is 31.9 Å². The van der Waals surface area contributed by atoms with Gasteiger partial charge < -0.3 is 4.90 Å². The number of allylic oxidation sites excluding steroid dienone is 1. The molecule has 1 aliphatic rings. The van der Waals surface area contributed by atoms with Gasteiger partial charge >= 0.3 is 0 Å². The van der Waals surface area contributed by atoms with Gasteiger partial charge in [0, 0.05) is 39.3 Å². The summed E-state index contributed by atoms with van der Waals surface area (Å²) in [5.74, 6) is 0.431. The lowest BCUT2D eigenvalue weighted by molar-refractivity contribution is -0.130. The number of nitrogens with zero attached hydrogens (tertiary/aromatic N) is 5. The smallest absolute Gasteiger partial charge is 0.233 e. The van der Waals surface area contributed by atoms with Gasteiger partial charge in [-0.3, -0.25) is 14.3 Å². The summed E-state index contributed by atoms with van der Waals surface area (Å²) in [6.07, 6.45) is 1.72. The molecule has 2 aromatic carbocycles. The van der Waals surface area contributed by atoms with Crippen LogP contribution >= 0.6 is 11.8 Å². The van der Waals surface area contributed by atoms with Gasteiger partial charge in [0.1, 0.15) is 5.82 Å². The van der Waals surface area contributed by atoms with Crippen molar-refractivity contribution in [2.24, 2.45) is 0 Å². The second-order valence-corrected chi connectivity index (χ2v) is 9.00. The zero-order valence-corrected chi connectivity index (χ0v) is 19.6. The molecule has 2 heterocycles. The van der Waals surface area contributed by atoms with Crippen LogP contribution in [0.1, 0.15) is 11.1 Å². The predicted octanol–water partition coefficient (Wildman–Crippen LogP) is 4.02. The zero-order chi connectivity index (χ0) is 23.2. The fraction of sp³-hybridized carbons (Fsp3) is 0.320. The molecular formula is C25H28FN5OS. The van der Waals surface area contributed by atoms with Crippen molar-refractivity contribution in [1.82, 2.24) is 24.6 Å². The molecule has 1 aromatic heterocycles. The van der Waals surface area contributed by atoms with Gasteiger partial charge in [0.25, 0.3) is 0 Å². The number of benzene rings is 2. The van der Waals surface area contributed by atoms with Crippen LogP contribution in [0, 0.1) is 12.7 Å². The van der Waals surface area contributed by atoms with Crippen molar-refractivity contribution in [3.8, 4) is 11.4 Å². The second-order valence-electron chi connectivity index (χ2n) is 8.06. The third-order valence-corrected chi connectivity index (χ3v) is 6.80. The van der Waals surface area contributed by atoms with Crippen molar-refractivity contribution in [3.05, 3.63) is 78.1 Å². The average molecular weight is 466 g/mol. The number of halogens is 1. The Labute approximate surface area is 198 Å². The third-order valence-electron chi connectivity index (χ3n) is 5.85. The number of amides is 1. The number of carbonyl (C=O) groups excluding carboxylic acids is 1. The predicted molar refractivity (Wildman–Crippen MR) is 129 cm³/mol. The molecule has 0 atom stereocenters. The molecule has 4 rings (SSSR count). The van der Waals surface area contributed by atoms with Gasteiger partial charge in [0.2, 0.25) is 5.91 Å². The van der Waals surface area contributed by atoms with E-state index in [1.807, 2.05) is 4.90 Å². The van der Waals surface area contributed by atoms with Crippen molar-refractivity contribution in [1.29, 1.82) is 0 Å². The highest BCUT2D eigenvalue weighted by Gasteiger charge is 2.23. The quantitative estimate of drug-likeness (QED) is 0.372. The summed E-state index contributed by atoms with van der Waals surface area (Å²) in [5.41, 5.74) is 3.01. The van der Waals surface area contributed by atoms with Crippen molar-refractivity contribution >= 4 is 17.7 Å².